The van der Waals surface area contributed by atoms with E-state index in [1.54, 1.807) is 0 Å². The molecule has 0 saturated carbocycles. The number of nitrogens with zero attached hydrogens (tertiary/aromatic N) is 4. The molecule has 0 saturated heterocycles. The fourth-order valence-corrected chi connectivity index (χ4v) is 3.44. The number of aryl methyl sites for hydroxylation is 2. The molecule has 0 aliphatic heterocycles. The SMILES string of the molecule is Cc1cc(C)n2nc(C(=O)OCC(=O)N[C@H](C)c3cccc4ccccc34)nc2n1. The monoisotopic (exact) mass is 403 g/mol. The Morgan fingerprint density at radius 1 is 1.10 bits per heavy atom. The molecule has 8 nitrogen and oxygen atoms in total. The molecular formula is C22H21N5O3. The van der Waals surface area contributed by atoms with Gasteiger partial charge in [-0.15, -0.1) is 5.10 Å². The van der Waals surface area contributed by atoms with Crippen molar-refractivity contribution in [3.8, 4) is 0 Å². The van der Waals surface area contributed by atoms with E-state index in [-0.39, 0.29) is 11.9 Å². The first-order valence-corrected chi connectivity index (χ1v) is 9.57. The number of carbonyl (C=O) groups is 2. The third-order valence-electron chi connectivity index (χ3n) is 4.80. The smallest absolute Gasteiger partial charge is 0.378 e. The van der Waals surface area contributed by atoms with Gasteiger partial charge < -0.3 is 10.1 Å². The molecule has 4 aromatic rings. The summed E-state index contributed by atoms with van der Waals surface area (Å²) in [6.07, 6.45) is 0. The van der Waals surface area contributed by atoms with E-state index < -0.39 is 18.5 Å². The summed E-state index contributed by atoms with van der Waals surface area (Å²) in [5, 5.41) is 9.14. The second-order valence-electron chi connectivity index (χ2n) is 7.12. The molecule has 8 heteroatoms. The zero-order valence-corrected chi connectivity index (χ0v) is 16.9. The molecule has 30 heavy (non-hydrogen) atoms. The van der Waals surface area contributed by atoms with E-state index in [2.05, 4.69) is 20.4 Å². The lowest BCUT2D eigenvalue weighted by atomic mass is 10.00. The van der Waals surface area contributed by atoms with E-state index in [1.165, 1.54) is 4.52 Å². The molecule has 1 N–H and O–H groups in total. The minimum Gasteiger partial charge on any atom is -0.450 e. The lowest BCUT2D eigenvalue weighted by Crippen LogP contribution is -2.31. The molecule has 4 rings (SSSR count). The van der Waals surface area contributed by atoms with Crippen LogP contribution in [0.4, 0.5) is 0 Å². The van der Waals surface area contributed by atoms with Gasteiger partial charge in [-0.2, -0.15) is 4.98 Å². The van der Waals surface area contributed by atoms with Gasteiger partial charge in [0.05, 0.1) is 6.04 Å². The molecule has 0 spiro atoms. The van der Waals surface area contributed by atoms with Crippen LogP contribution in [0.2, 0.25) is 0 Å². The highest BCUT2D eigenvalue weighted by atomic mass is 16.5. The highest BCUT2D eigenvalue weighted by Gasteiger charge is 2.19. The van der Waals surface area contributed by atoms with Crippen molar-refractivity contribution in [2.24, 2.45) is 0 Å². The molecule has 0 aliphatic rings. The van der Waals surface area contributed by atoms with Gasteiger partial charge in [0.2, 0.25) is 0 Å². The maximum Gasteiger partial charge on any atom is 0.378 e. The number of amides is 1. The number of hydrogen-bond acceptors (Lipinski definition) is 6. The Kier molecular flexibility index (Phi) is 5.14. The number of benzene rings is 2. The van der Waals surface area contributed by atoms with Crippen molar-refractivity contribution in [1.29, 1.82) is 0 Å². The van der Waals surface area contributed by atoms with Crippen molar-refractivity contribution in [2.45, 2.75) is 26.8 Å². The summed E-state index contributed by atoms with van der Waals surface area (Å²) in [6, 6.07) is 15.5. The van der Waals surface area contributed by atoms with Gasteiger partial charge in [-0.25, -0.2) is 14.3 Å². The van der Waals surface area contributed by atoms with Gasteiger partial charge in [0.15, 0.2) is 6.61 Å². The van der Waals surface area contributed by atoms with Gasteiger partial charge in [0.25, 0.3) is 17.5 Å². The molecular weight excluding hydrogens is 382 g/mol. The minimum absolute atomic E-state index is 0.133. The highest BCUT2D eigenvalue weighted by molar-refractivity contribution is 5.89. The van der Waals surface area contributed by atoms with E-state index in [4.69, 9.17) is 4.74 Å². The topological polar surface area (TPSA) is 98.5 Å². The lowest BCUT2D eigenvalue weighted by molar-refractivity contribution is -0.124. The number of nitrogens with one attached hydrogen (secondary N) is 1. The summed E-state index contributed by atoms with van der Waals surface area (Å²) >= 11 is 0. The van der Waals surface area contributed by atoms with E-state index in [9.17, 15) is 9.59 Å². The summed E-state index contributed by atoms with van der Waals surface area (Å²) in [7, 11) is 0. The van der Waals surface area contributed by atoms with Gasteiger partial charge in [0, 0.05) is 11.4 Å². The minimum atomic E-state index is -0.773. The van der Waals surface area contributed by atoms with Crippen LogP contribution < -0.4 is 5.32 Å². The number of hydrogen-bond donors (Lipinski definition) is 1. The van der Waals surface area contributed by atoms with Gasteiger partial charge >= 0.3 is 5.97 Å². The predicted octanol–water partition coefficient (Wildman–Crippen LogP) is 2.93. The van der Waals surface area contributed by atoms with Crippen molar-refractivity contribution in [3.63, 3.8) is 0 Å². The van der Waals surface area contributed by atoms with Crippen LogP contribution in [0.25, 0.3) is 16.6 Å². The first-order valence-electron chi connectivity index (χ1n) is 9.57. The molecule has 2 heterocycles. The number of aromatic nitrogens is 4. The molecule has 1 atom stereocenters. The van der Waals surface area contributed by atoms with Crippen LogP contribution >= 0.6 is 0 Å². The summed E-state index contributed by atoms with van der Waals surface area (Å²) in [4.78, 5) is 32.9. The molecule has 2 aromatic heterocycles. The Labute approximate surface area is 172 Å². The van der Waals surface area contributed by atoms with Crippen LogP contribution in [-0.2, 0) is 9.53 Å². The number of fused-ring (bicyclic) bond motifs is 2. The summed E-state index contributed by atoms with van der Waals surface area (Å²) < 4.78 is 6.56. The maximum atomic E-state index is 12.3. The van der Waals surface area contributed by atoms with Crippen molar-refractivity contribution in [3.05, 3.63) is 71.3 Å². The number of ether oxygens (including phenoxy) is 1. The van der Waals surface area contributed by atoms with Gasteiger partial charge in [-0.3, -0.25) is 4.79 Å². The number of esters is 1. The average Bonchev–Trinajstić information content (AvgIpc) is 3.16. The quantitative estimate of drug-likeness (QED) is 0.515. The fourth-order valence-electron chi connectivity index (χ4n) is 3.44. The Morgan fingerprint density at radius 3 is 2.70 bits per heavy atom. The number of carbonyl (C=O) groups excluding carboxylic acids is 2. The fraction of sp³-hybridized carbons (Fsp3) is 0.227. The largest absolute Gasteiger partial charge is 0.450 e. The van der Waals surface area contributed by atoms with Gasteiger partial charge in [-0.1, -0.05) is 42.5 Å². The Bertz CT molecular complexity index is 1260. The Hall–Kier alpha value is -3.81. The van der Waals surface area contributed by atoms with Crippen LogP contribution in [0.3, 0.4) is 0 Å². The third-order valence-corrected chi connectivity index (χ3v) is 4.80. The Balaban J connectivity index is 1.41. The molecule has 152 valence electrons. The predicted molar refractivity (Wildman–Crippen MR) is 111 cm³/mol. The molecule has 0 radical (unpaired) electrons. The summed E-state index contributed by atoms with van der Waals surface area (Å²) in [5.74, 6) is -0.997. The highest BCUT2D eigenvalue weighted by Crippen LogP contribution is 2.23. The van der Waals surface area contributed by atoms with E-state index in [0.717, 1.165) is 27.7 Å². The Morgan fingerprint density at radius 2 is 1.87 bits per heavy atom. The van der Waals surface area contributed by atoms with Gasteiger partial charge in [-0.05, 0) is 43.2 Å². The van der Waals surface area contributed by atoms with Crippen LogP contribution in [-0.4, -0.2) is 38.1 Å². The zero-order valence-electron chi connectivity index (χ0n) is 16.9. The molecule has 0 unspecified atom stereocenters. The first kappa shape index (κ1) is 19.5. The average molecular weight is 403 g/mol. The van der Waals surface area contributed by atoms with Crippen LogP contribution in [0.5, 0.6) is 0 Å². The standard InChI is InChI=1S/C22H21N5O3/c1-13-11-14(2)27-22(23-13)25-20(26-27)21(29)30-12-19(28)24-15(3)17-10-6-8-16-7-4-5-9-18(16)17/h4-11,15H,12H2,1-3H3,(H,24,28)/t15-/m1/s1. The second kappa shape index (κ2) is 7.90. The molecule has 0 fully saturated rings. The number of rotatable bonds is 5. The summed E-state index contributed by atoms with van der Waals surface area (Å²) in [6.45, 7) is 5.14. The van der Waals surface area contributed by atoms with E-state index in [0.29, 0.717) is 5.78 Å². The van der Waals surface area contributed by atoms with E-state index >= 15 is 0 Å². The van der Waals surface area contributed by atoms with Crippen molar-refractivity contribution in [2.75, 3.05) is 6.61 Å². The van der Waals surface area contributed by atoms with Crippen LogP contribution in [0.15, 0.2) is 48.5 Å². The molecule has 0 bridgehead atoms. The van der Waals surface area contributed by atoms with Crippen molar-refractivity contribution >= 4 is 28.4 Å². The lowest BCUT2D eigenvalue weighted by Gasteiger charge is -2.16. The maximum absolute atomic E-state index is 12.3. The van der Waals surface area contributed by atoms with Crippen molar-refractivity contribution in [1.82, 2.24) is 24.9 Å². The van der Waals surface area contributed by atoms with Gasteiger partial charge in [0.1, 0.15) is 0 Å². The molecule has 1 amide bonds. The third kappa shape index (κ3) is 3.84. The second-order valence-corrected chi connectivity index (χ2v) is 7.12. The normalized spacial score (nSPS) is 12.1. The zero-order chi connectivity index (χ0) is 21.3. The molecule has 2 aromatic carbocycles. The van der Waals surface area contributed by atoms with Crippen LogP contribution in [0.1, 0.15) is 40.5 Å². The van der Waals surface area contributed by atoms with Crippen LogP contribution in [0, 0.1) is 13.8 Å². The van der Waals surface area contributed by atoms with E-state index in [1.807, 2.05) is 69.3 Å². The summed E-state index contributed by atoms with van der Waals surface area (Å²) in [5.41, 5.74) is 2.56. The molecule has 0 aliphatic carbocycles. The van der Waals surface area contributed by atoms with Crippen molar-refractivity contribution < 1.29 is 14.3 Å². The first-order chi connectivity index (χ1) is 14.4.